The van der Waals surface area contributed by atoms with Crippen molar-refractivity contribution >= 4 is 17.5 Å². The van der Waals surface area contributed by atoms with Gasteiger partial charge in [0.25, 0.3) is 5.91 Å². The van der Waals surface area contributed by atoms with Crippen LogP contribution in [0.5, 0.6) is 0 Å². The number of hydrogen-bond acceptors (Lipinski definition) is 4. The highest BCUT2D eigenvalue weighted by Crippen LogP contribution is 2.14. The lowest BCUT2D eigenvalue weighted by atomic mass is 10.1. The summed E-state index contributed by atoms with van der Waals surface area (Å²) in [5.41, 5.74) is 3.79. The zero-order valence-corrected chi connectivity index (χ0v) is 16.1. The number of hydrogen-bond donors (Lipinski definition) is 2. The van der Waals surface area contributed by atoms with Crippen molar-refractivity contribution in [2.45, 2.75) is 46.3 Å². The van der Waals surface area contributed by atoms with Crippen LogP contribution in [0.4, 0.5) is 0 Å². The van der Waals surface area contributed by atoms with E-state index in [4.69, 9.17) is 22.3 Å². The van der Waals surface area contributed by atoms with Crippen molar-refractivity contribution < 1.29 is 9.63 Å². The number of carbonyl (C=O) groups excluding carboxylic acids is 1. The highest BCUT2D eigenvalue weighted by atomic mass is 35.5. The van der Waals surface area contributed by atoms with Crippen molar-refractivity contribution in [1.29, 1.82) is 0 Å². The molecule has 0 saturated carbocycles. The van der Waals surface area contributed by atoms with Crippen LogP contribution in [0.15, 0.2) is 47.5 Å². The fourth-order valence-corrected chi connectivity index (χ4v) is 2.19. The molecule has 0 radical (unpaired) electrons. The molecule has 0 bridgehead atoms. The summed E-state index contributed by atoms with van der Waals surface area (Å²) in [7, 11) is 0. The molecule has 5 nitrogen and oxygen atoms in total. The molecule has 0 spiro atoms. The van der Waals surface area contributed by atoms with E-state index in [-0.39, 0.29) is 5.91 Å². The molecule has 6 heteroatoms. The van der Waals surface area contributed by atoms with Crippen molar-refractivity contribution in [3.8, 4) is 0 Å². The molecule has 0 heterocycles. The fourth-order valence-electron chi connectivity index (χ4n) is 2.10. The Labute approximate surface area is 155 Å². The SMILES string of the molecule is C/C=C(Cl)\C=C/CCN(NC(=O)c1ccc(CC)cc1)C(C)(C)ON. The van der Waals surface area contributed by atoms with Gasteiger partial charge in [0.2, 0.25) is 0 Å². The number of rotatable bonds is 9. The Kier molecular flexibility index (Phi) is 8.86. The number of amides is 1. The van der Waals surface area contributed by atoms with Crippen molar-refractivity contribution in [1.82, 2.24) is 10.4 Å². The van der Waals surface area contributed by atoms with Gasteiger partial charge in [-0.25, -0.2) is 5.90 Å². The molecule has 1 rings (SSSR count). The number of hydrazine groups is 1. The van der Waals surface area contributed by atoms with Crippen LogP contribution in [-0.2, 0) is 11.3 Å². The van der Waals surface area contributed by atoms with E-state index in [1.807, 2.05) is 49.4 Å². The van der Waals surface area contributed by atoms with Crippen LogP contribution < -0.4 is 11.3 Å². The van der Waals surface area contributed by atoms with E-state index in [1.165, 1.54) is 5.56 Å². The summed E-state index contributed by atoms with van der Waals surface area (Å²) < 4.78 is 0. The third-order valence-electron chi connectivity index (χ3n) is 3.87. The lowest BCUT2D eigenvalue weighted by molar-refractivity contribution is -0.150. The van der Waals surface area contributed by atoms with Crippen LogP contribution in [0, 0.1) is 0 Å². The van der Waals surface area contributed by atoms with Crippen molar-refractivity contribution in [3.63, 3.8) is 0 Å². The maximum absolute atomic E-state index is 12.5. The molecule has 0 aliphatic rings. The summed E-state index contributed by atoms with van der Waals surface area (Å²) in [5.74, 6) is 5.19. The smallest absolute Gasteiger partial charge is 0.265 e. The summed E-state index contributed by atoms with van der Waals surface area (Å²) in [6.07, 6.45) is 7.17. The monoisotopic (exact) mass is 365 g/mol. The molecule has 0 saturated heterocycles. The van der Waals surface area contributed by atoms with E-state index in [0.717, 1.165) is 6.42 Å². The van der Waals surface area contributed by atoms with E-state index in [1.54, 1.807) is 18.9 Å². The lowest BCUT2D eigenvalue weighted by Crippen LogP contribution is -2.56. The van der Waals surface area contributed by atoms with Gasteiger partial charge in [-0.05, 0) is 57.4 Å². The minimum absolute atomic E-state index is 0.205. The second kappa shape index (κ2) is 10.4. The predicted molar refractivity (Wildman–Crippen MR) is 103 cm³/mol. The molecule has 0 unspecified atom stereocenters. The summed E-state index contributed by atoms with van der Waals surface area (Å²) in [6, 6.07) is 7.53. The molecule has 1 aromatic carbocycles. The van der Waals surface area contributed by atoms with E-state index >= 15 is 0 Å². The zero-order chi connectivity index (χ0) is 18.9. The number of allylic oxidation sites excluding steroid dienone is 3. The Bertz CT molecular complexity index is 610. The molecule has 0 aliphatic heterocycles. The Balaban J connectivity index is 2.78. The van der Waals surface area contributed by atoms with Gasteiger partial charge in [0.05, 0.1) is 0 Å². The Morgan fingerprint density at radius 3 is 2.52 bits per heavy atom. The van der Waals surface area contributed by atoms with E-state index in [2.05, 4.69) is 12.3 Å². The highest BCUT2D eigenvalue weighted by Gasteiger charge is 2.28. The van der Waals surface area contributed by atoms with Crippen molar-refractivity contribution in [3.05, 3.63) is 58.7 Å². The first-order valence-electron chi connectivity index (χ1n) is 8.37. The lowest BCUT2D eigenvalue weighted by Gasteiger charge is -2.36. The predicted octanol–water partition coefficient (Wildman–Crippen LogP) is 3.91. The fraction of sp³-hybridized carbons (Fsp3) is 0.421. The maximum atomic E-state index is 12.5. The third kappa shape index (κ3) is 7.00. The van der Waals surface area contributed by atoms with Crippen LogP contribution in [-0.4, -0.2) is 23.2 Å². The van der Waals surface area contributed by atoms with Gasteiger partial charge in [0, 0.05) is 17.1 Å². The minimum atomic E-state index is -0.850. The Hall–Kier alpha value is -1.66. The minimum Gasteiger partial charge on any atom is -0.282 e. The van der Waals surface area contributed by atoms with E-state index in [9.17, 15) is 4.79 Å². The molecule has 1 amide bonds. The normalized spacial score (nSPS) is 12.8. The Morgan fingerprint density at radius 2 is 2.00 bits per heavy atom. The van der Waals surface area contributed by atoms with Gasteiger partial charge in [0.1, 0.15) is 0 Å². The molecule has 3 N–H and O–H groups in total. The van der Waals surface area contributed by atoms with E-state index in [0.29, 0.717) is 23.6 Å². The van der Waals surface area contributed by atoms with Crippen LogP contribution >= 0.6 is 11.6 Å². The topological polar surface area (TPSA) is 67.6 Å². The van der Waals surface area contributed by atoms with Gasteiger partial charge in [-0.15, -0.1) is 0 Å². The first-order valence-corrected chi connectivity index (χ1v) is 8.75. The standard InChI is InChI=1S/C19H28ClN3O2/c1-5-15-10-12-16(13-11-15)18(24)22-23(19(3,4)25-21)14-8-7-9-17(20)6-2/h6-7,9-13H,5,8,14,21H2,1-4H3,(H,22,24)/b9-7-,17-6+. The average molecular weight is 366 g/mol. The summed E-state index contributed by atoms with van der Waals surface area (Å²) in [6.45, 7) is 8.04. The van der Waals surface area contributed by atoms with Gasteiger partial charge in [-0.3, -0.25) is 15.1 Å². The van der Waals surface area contributed by atoms with Gasteiger partial charge in [0.15, 0.2) is 5.72 Å². The van der Waals surface area contributed by atoms with Gasteiger partial charge < -0.3 is 0 Å². The van der Waals surface area contributed by atoms with Gasteiger partial charge >= 0.3 is 0 Å². The van der Waals surface area contributed by atoms with Crippen molar-refractivity contribution in [2.24, 2.45) is 5.90 Å². The van der Waals surface area contributed by atoms with Crippen LogP contribution in [0.2, 0.25) is 0 Å². The highest BCUT2D eigenvalue weighted by molar-refractivity contribution is 6.31. The summed E-state index contributed by atoms with van der Waals surface area (Å²) in [4.78, 5) is 17.5. The van der Waals surface area contributed by atoms with Crippen LogP contribution in [0.25, 0.3) is 0 Å². The van der Waals surface area contributed by atoms with Crippen LogP contribution in [0.3, 0.4) is 0 Å². The summed E-state index contributed by atoms with van der Waals surface area (Å²) in [5, 5.41) is 2.35. The Morgan fingerprint density at radius 1 is 1.36 bits per heavy atom. The molecule has 1 aromatic rings. The second-order valence-corrected chi connectivity index (χ2v) is 6.51. The van der Waals surface area contributed by atoms with Gasteiger partial charge in [-0.2, -0.15) is 5.01 Å². The number of nitrogens with one attached hydrogen (secondary N) is 1. The number of carbonyl (C=O) groups is 1. The van der Waals surface area contributed by atoms with Crippen LogP contribution in [0.1, 0.15) is 50.0 Å². The molecule has 0 fully saturated rings. The second-order valence-electron chi connectivity index (χ2n) is 6.07. The molecule has 138 valence electrons. The number of halogens is 1. The first kappa shape index (κ1) is 21.4. The molecule has 0 aromatic heterocycles. The number of nitrogens with two attached hydrogens (primary N) is 1. The van der Waals surface area contributed by atoms with Gasteiger partial charge in [-0.1, -0.05) is 42.8 Å². The molecule has 0 atom stereocenters. The number of nitrogens with zero attached hydrogens (tertiary/aromatic N) is 1. The molecule has 25 heavy (non-hydrogen) atoms. The molecule has 0 aliphatic carbocycles. The number of benzene rings is 1. The summed E-state index contributed by atoms with van der Waals surface area (Å²) >= 11 is 5.93. The average Bonchev–Trinajstić information content (AvgIpc) is 2.63. The quantitative estimate of drug-likeness (QED) is 0.395. The molecular formula is C19H28ClN3O2. The van der Waals surface area contributed by atoms with Crippen molar-refractivity contribution in [2.75, 3.05) is 6.54 Å². The van der Waals surface area contributed by atoms with E-state index < -0.39 is 5.72 Å². The first-order chi connectivity index (χ1) is 11.8. The largest absolute Gasteiger partial charge is 0.282 e. The third-order valence-corrected chi connectivity index (χ3v) is 4.22. The zero-order valence-electron chi connectivity index (χ0n) is 15.4. The number of aryl methyl sites for hydroxylation is 1. The molecular weight excluding hydrogens is 338 g/mol. The maximum Gasteiger partial charge on any atom is 0.265 e.